The lowest BCUT2D eigenvalue weighted by molar-refractivity contribution is -0.164. The predicted molar refractivity (Wildman–Crippen MR) is 113 cm³/mol. The van der Waals surface area contributed by atoms with Crippen molar-refractivity contribution in [1.29, 1.82) is 5.26 Å². The lowest BCUT2D eigenvalue weighted by Crippen LogP contribution is -2.52. The van der Waals surface area contributed by atoms with Gasteiger partial charge in [-0.3, -0.25) is 10.1 Å². The summed E-state index contributed by atoms with van der Waals surface area (Å²) in [5, 5.41) is 14.5. The molecular formula is C24H26F3N3O. The maximum absolute atomic E-state index is 13.8. The Balaban J connectivity index is 1.80. The van der Waals surface area contributed by atoms with Gasteiger partial charge in [0.1, 0.15) is 5.54 Å². The molecule has 2 atom stereocenters. The zero-order valence-corrected chi connectivity index (χ0v) is 17.5. The Morgan fingerprint density at radius 1 is 1.06 bits per heavy atom. The highest BCUT2D eigenvalue weighted by Crippen LogP contribution is 2.36. The molecule has 164 valence electrons. The Morgan fingerprint density at radius 3 is 2.13 bits per heavy atom. The van der Waals surface area contributed by atoms with Crippen LogP contribution in [0.4, 0.5) is 13.2 Å². The first-order valence-electron chi connectivity index (χ1n) is 10.3. The van der Waals surface area contributed by atoms with Crippen molar-refractivity contribution in [3.8, 4) is 17.2 Å². The van der Waals surface area contributed by atoms with Gasteiger partial charge in [0.15, 0.2) is 6.04 Å². The van der Waals surface area contributed by atoms with Crippen molar-refractivity contribution in [2.75, 3.05) is 0 Å². The van der Waals surface area contributed by atoms with E-state index in [-0.39, 0.29) is 11.5 Å². The number of rotatable bonds is 8. The fourth-order valence-corrected chi connectivity index (χ4v) is 3.55. The van der Waals surface area contributed by atoms with Crippen molar-refractivity contribution in [3.63, 3.8) is 0 Å². The largest absolute Gasteiger partial charge is 0.412 e. The van der Waals surface area contributed by atoms with Crippen molar-refractivity contribution in [2.24, 2.45) is 5.92 Å². The molecule has 1 saturated carbocycles. The van der Waals surface area contributed by atoms with Crippen molar-refractivity contribution in [2.45, 2.75) is 56.9 Å². The number of benzene rings is 2. The van der Waals surface area contributed by atoms with Crippen LogP contribution in [0.1, 0.15) is 44.7 Å². The van der Waals surface area contributed by atoms with Crippen LogP contribution < -0.4 is 10.6 Å². The van der Waals surface area contributed by atoms with Gasteiger partial charge in [0.25, 0.3) is 0 Å². The van der Waals surface area contributed by atoms with Crippen LogP contribution >= 0.6 is 0 Å². The molecule has 3 rings (SSSR count). The molecule has 0 heterocycles. The smallest absolute Gasteiger partial charge is 0.339 e. The van der Waals surface area contributed by atoms with Crippen LogP contribution in [0.5, 0.6) is 0 Å². The van der Waals surface area contributed by atoms with E-state index in [2.05, 4.69) is 16.7 Å². The van der Waals surface area contributed by atoms with E-state index in [0.29, 0.717) is 19.3 Å². The number of hydrogen-bond donors (Lipinski definition) is 2. The van der Waals surface area contributed by atoms with Crippen LogP contribution in [0.25, 0.3) is 11.1 Å². The minimum absolute atomic E-state index is 0.0368. The molecule has 0 spiro atoms. The monoisotopic (exact) mass is 429 g/mol. The molecule has 1 fully saturated rings. The Morgan fingerprint density at radius 2 is 1.65 bits per heavy atom. The SMILES string of the molecule is CC(C)C[C@H](NC1(C#N)CC1)C(=O)N[C@@H](c1ccc(-c2ccccc2)cc1)C(F)(F)F. The molecule has 0 saturated heterocycles. The van der Waals surface area contributed by atoms with Crippen LogP contribution in [0.2, 0.25) is 0 Å². The van der Waals surface area contributed by atoms with Crippen LogP contribution in [0, 0.1) is 17.2 Å². The first-order valence-corrected chi connectivity index (χ1v) is 10.3. The Hall–Kier alpha value is -2.85. The summed E-state index contributed by atoms with van der Waals surface area (Å²) in [6, 6.07) is 14.5. The lowest BCUT2D eigenvalue weighted by atomic mass is 9.98. The zero-order chi connectivity index (χ0) is 22.6. The third-order valence-corrected chi connectivity index (χ3v) is 5.40. The predicted octanol–water partition coefficient (Wildman–Crippen LogP) is 5.13. The average molecular weight is 429 g/mol. The molecule has 0 radical (unpaired) electrons. The van der Waals surface area contributed by atoms with Crippen LogP contribution in [0.15, 0.2) is 54.6 Å². The zero-order valence-electron chi connectivity index (χ0n) is 17.5. The Kier molecular flexibility index (Phi) is 6.71. The maximum atomic E-state index is 13.8. The number of carbonyl (C=O) groups is 1. The van der Waals surface area contributed by atoms with E-state index in [0.717, 1.165) is 11.1 Å². The Labute approximate surface area is 180 Å². The van der Waals surface area contributed by atoms with E-state index in [9.17, 15) is 23.2 Å². The second-order valence-electron chi connectivity index (χ2n) is 8.49. The molecule has 0 unspecified atom stereocenters. The van der Waals surface area contributed by atoms with Gasteiger partial charge >= 0.3 is 6.18 Å². The molecule has 0 aliphatic heterocycles. The van der Waals surface area contributed by atoms with Crippen LogP contribution in [0.3, 0.4) is 0 Å². The highest BCUT2D eigenvalue weighted by molar-refractivity contribution is 5.82. The highest BCUT2D eigenvalue weighted by atomic mass is 19.4. The first kappa shape index (κ1) is 22.8. The molecule has 31 heavy (non-hydrogen) atoms. The molecular weight excluding hydrogens is 403 g/mol. The van der Waals surface area contributed by atoms with E-state index >= 15 is 0 Å². The van der Waals surface area contributed by atoms with Crippen molar-refractivity contribution in [3.05, 3.63) is 60.2 Å². The van der Waals surface area contributed by atoms with Crippen LogP contribution in [-0.2, 0) is 4.79 Å². The summed E-state index contributed by atoms with van der Waals surface area (Å²) in [5.74, 6) is -0.670. The minimum atomic E-state index is -4.65. The summed E-state index contributed by atoms with van der Waals surface area (Å²) >= 11 is 0. The molecule has 1 aliphatic carbocycles. The molecule has 2 aromatic carbocycles. The van der Waals surface area contributed by atoms with E-state index in [1.54, 1.807) is 12.1 Å². The number of amides is 1. The number of nitrogens with one attached hydrogen (secondary N) is 2. The molecule has 2 aromatic rings. The van der Waals surface area contributed by atoms with E-state index < -0.39 is 29.7 Å². The second kappa shape index (κ2) is 9.11. The van der Waals surface area contributed by atoms with Gasteiger partial charge in [-0.15, -0.1) is 0 Å². The number of nitrogens with zero attached hydrogens (tertiary/aromatic N) is 1. The molecule has 1 aliphatic rings. The summed E-state index contributed by atoms with van der Waals surface area (Å²) in [7, 11) is 0. The van der Waals surface area contributed by atoms with E-state index in [4.69, 9.17) is 0 Å². The summed E-state index contributed by atoms with van der Waals surface area (Å²) in [6.07, 6.45) is -3.13. The number of alkyl halides is 3. The lowest BCUT2D eigenvalue weighted by Gasteiger charge is -2.27. The summed E-state index contributed by atoms with van der Waals surface area (Å²) < 4.78 is 41.5. The summed E-state index contributed by atoms with van der Waals surface area (Å²) in [4.78, 5) is 12.8. The third-order valence-electron chi connectivity index (χ3n) is 5.40. The number of carbonyl (C=O) groups excluding carboxylic acids is 1. The quantitative estimate of drug-likeness (QED) is 0.611. The minimum Gasteiger partial charge on any atom is -0.339 e. The van der Waals surface area contributed by atoms with Gasteiger partial charge in [-0.05, 0) is 41.9 Å². The fourth-order valence-electron chi connectivity index (χ4n) is 3.55. The van der Waals surface area contributed by atoms with Gasteiger partial charge in [-0.1, -0.05) is 68.4 Å². The van der Waals surface area contributed by atoms with Crippen LogP contribution in [-0.4, -0.2) is 23.7 Å². The number of hydrogen-bond acceptors (Lipinski definition) is 3. The molecule has 7 heteroatoms. The van der Waals surface area contributed by atoms with E-state index in [1.165, 1.54) is 12.1 Å². The van der Waals surface area contributed by atoms with Crippen molar-refractivity contribution < 1.29 is 18.0 Å². The van der Waals surface area contributed by atoms with Gasteiger partial charge in [0.05, 0.1) is 12.1 Å². The average Bonchev–Trinajstić information content (AvgIpc) is 3.51. The molecule has 2 N–H and O–H groups in total. The highest BCUT2D eigenvalue weighted by Gasteiger charge is 2.47. The Bertz CT molecular complexity index is 929. The molecule has 0 bridgehead atoms. The molecule has 0 aromatic heterocycles. The fraction of sp³-hybridized carbons (Fsp3) is 0.417. The molecule has 4 nitrogen and oxygen atoms in total. The van der Waals surface area contributed by atoms with Gasteiger partial charge in [0, 0.05) is 0 Å². The number of halogens is 3. The molecule has 1 amide bonds. The van der Waals surface area contributed by atoms with Crippen molar-refractivity contribution in [1.82, 2.24) is 10.6 Å². The first-order chi connectivity index (χ1) is 14.6. The maximum Gasteiger partial charge on any atom is 0.412 e. The summed E-state index contributed by atoms with van der Waals surface area (Å²) in [5.41, 5.74) is 0.849. The topological polar surface area (TPSA) is 64.9 Å². The summed E-state index contributed by atoms with van der Waals surface area (Å²) in [6.45, 7) is 3.77. The van der Waals surface area contributed by atoms with Gasteiger partial charge in [0.2, 0.25) is 5.91 Å². The van der Waals surface area contributed by atoms with Crippen molar-refractivity contribution >= 4 is 5.91 Å². The second-order valence-corrected chi connectivity index (χ2v) is 8.49. The third kappa shape index (κ3) is 5.86. The van der Waals surface area contributed by atoms with Gasteiger partial charge in [-0.25, -0.2) is 0 Å². The number of nitriles is 1. The standard InChI is InChI=1S/C24H26F3N3O/c1-16(2)14-20(30-23(15-28)12-13-23)22(31)29-21(24(25,26)27)19-10-8-18(9-11-19)17-6-4-3-5-7-17/h3-11,16,20-21,30H,12-14H2,1-2H3,(H,29,31)/t20-,21-/m0/s1. The van der Waals surface area contributed by atoms with E-state index in [1.807, 2.05) is 44.2 Å². The van der Waals surface area contributed by atoms with Gasteiger partial charge in [-0.2, -0.15) is 18.4 Å². The normalized spacial score (nSPS) is 16.9. The van der Waals surface area contributed by atoms with Gasteiger partial charge < -0.3 is 5.32 Å².